The molecule has 2 aliphatic rings. The Morgan fingerprint density at radius 2 is 1.92 bits per heavy atom. The van der Waals surface area contributed by atoms with Gasteiger partial charge in [-0.05, 0) is 40.0 Å². The van der Waals surface area contributed by atoms with E-state index in [0.717, 1.165) is 13.0 Å². The zero-order valence-electron chi connectivity index (χ0n) is 16.3. The molecule has 0 N–H and O–H groups in total. The molecule has 148 valence electrons. The van der Waals surface area contributed by atoms with Crippen LogP contribution in [-0.4, -0.2) is 61.8 Å². The van der Waals surface area contributed by atoms with Crippen molar-refractivity contribution in [2.24, 2.45) is 10.8 Å². The molecule has 0 aliphatic carbocycles. The van der Waals surface area contributed by atoms with Crippen LogP contribution in [0.1, 0.15) is 53.4 Å². The third-order valence-electron chi connectivity index (χ3n) is 5.23. The maximum absolute atomic E-state index is 12.6. The minimum Gasteiger partial charge on any atom is -0.463 e. The average Bonchev–Trinajstić information content (AvgIpc) is 3.33. The summed E-state index contributed by atoms with van der Waals surface area (Å²) in [7, 11) is 0. The van der Waals surface area contributed by atoms with Crippen LogP contribution in [0.3, 0.4) is 0 Å². The van der Waals surface area contributed by atoms with E-state index in [1.54, 1.807) is 18.7 Å². The second-order valence-electron chi connectivity index (χ2n) is 8.15. The number of carbonyl (C=O) groups is 3. The van der Waals surface area contributed by atoms with Crippen molar-refractivity contribution in [2.45, 2.75) is 59.5 Å². The predicted octanol–water partition coefficient (Wildman–Crippen LogP) is 1.93. The Hall–Kier alpha value is -1.63. The summed E-state index contributed by atoms with van der Waals surface area (Å²) in [4.78, 5) is 38.3. The lowest BCUT2D eigenvalue weighted by molar-refractivity contribution is -0.164. The van der Waals surface area contributed by atoms with Gasteiger partial charge in [-0.25, -0.2) is 0 Å². The van der Waals surface area contributed by atoms with Crippen molar-refractivity contribution >= 4 is 17.8 Å². The van der Waals surface area contributed by atoms with Gasteiger partial charge in [0.1, 0.15) is 19.3 Å². The molecule has 2 atom stereocenters. The van der Waals surface area contributed by atoms with Crippen LogP contribution in [0.4, 0.5) is 0 Å². The van der Waals surface area contributed by atoms with E-state index in [-0.39, 0.29) is 37.2 Å². The Balaban J connectivity index is 1.84. The first kappa shape index (κ1) is 20.7. The molecule has 0 spiro atoms. The quantitative estimate of drug-likeness (QED) is 0.432. The molecule has 0 bridgehead atoms. The first-order chi connectivity index (χ1) is 12.2. The van der Waals surface area contributed by atoms with Crippen LogP contribution in [0.15, 0.2) is 0 Å². The highest BCUT2D eigenvalue weighted by molar-refractivity contribution is 5.80. The highest BCUT2D eigenvalue weighted by atomic mass is 16.6. The van der Waals surface area contributed by atoms with Crippen LogP contribution in [0.2, 0.25) is 0 Å². The highest BCUT2D eigenvalue weighted by Crippen LogP contribution is 2.38. The van der Waals surface area contributed by atoms with Crippen molar-refractivity contribution in [2.75, 3.05) is 32.9 Å². The SMILES string of the molecule is CCC(C)(CC(C)(C)C(=O)OCC1CO1)C(=O)OCCN1CCCC1=O. The normalized spacial score (nSPS) is 22.1. The molecule has 0 aromatic carbocycles. The topological polar surface area (TPSA) is 85.4 Å². The van der Waals surface area contributed by atoms with Gasteiger partial charge in [0.2, 0.25) is 5.91 Å². The largest absolute Gasteiger partial charge is 0.463 e. The van der Waals surface area contributed by atoms with Crippen molar-refractivity contribution in [1.29, 1.82) is 0 Å². The molecule has 2 unspecified atom stereocenters. The van der Waals surface area contributed by atoms with Gasteiger partial charge in [-0.2, -0.15) is 0 Å². The fraction of sp³-hybridized carbons (Fsp3) is 0.842. The Bertz CT molecular complexity index is 542. The number of nitrogens with zero attached hydrogens (tertiary/aromatic N) is 1. The maximum Gasteiger partial charge on any atom is 0.311 e. The summed E-state index contributed by atoms with van der Waals surface area (Å²) in [6.07, 6.45) is 2.34. The van der Waals surface area contributed by atoms with Crippen molar-refractivity contribution < 1.29 is 28.6 Å². The van der Waals surface area contributed by atoms with Gasteiger partial charge in [-0.3, -0.25) is 14.4 Å². The average molecular weight is 369 g/mol. The number of rotatable bonds is 10. The van der Waals surface area contributed by atoms with Gasteiger partial charge in [-0.15, -0.1) is 0 Å². The summed E-state index contributed by atoms with van der Waals surface area (Å²) in [5.41, 5.74) is -1.59. The lowest BCUT2D eigenvalue weighted by atomic mass is 9.72. The highest BCUT2D eigenvalue weighted by Gasteiger charge is 2.43. The van der Waals surface area contributed by atoms with E-state index in [0.29, 0.717) is 32.4 Å². The number of likely N-dealkylation sites (tertiary alicyclic amines) is 1. The molecular formula is C19H31NO6. The van der Waals surface area contributed by atoms with Crippen LogP contribution < -0.4 is 0 Å². The summed E-state index contributed by atoms with van der Waals surface area (Å²) < 4.78 is 15.8. The Labute approximate surface area is 155 Å². The Morgan fingerprint density at radius 3 is 2.46 bits per heavy atom. The first-order valence-corrected chi connectivity index (χ1v) is 9.42. The van der Waals surface area contributed by atoms with Gasteiger partial charge < -0.3 is 19.1 Å². The van der Waals surface area contributed by atoms with E-state index in [4.69, 9.17) is 14.2 Å². The van der Waals surface area contributed by atoms with E-state index >= 15 is 0 Å². The van der Waals surface area contributed by atoms with Gasteiger partial charge >= 0.3 is 11.9 Å². The van der Waals surface area contributed by atoms with E-state index < -0.39 is 10.8 Å². The van der Waals surface area contributed by atoms with Gasteiger partial charge in [0.15, 0.2) is 0 Å². The van der Waals surface area contributed by atoms with Gasteiger partial charge in [0.25, 0.3) is 0 Å². The van der Waals surface area contributed by atoms with Gasteiger partial charge in [0.05, 0.1) is 24.0 Å². The number of epoxide rings is 1. The maximum atomic E-state index is 12.6. The molecular weight excluding hydrogens is 338 g/mol. The van der Waals surface area contributed by atoms with Crippen LogP contribution in [0.5, 0.6) is 0 Å². The molecule has 7 nitrogen and oxygen atoms in total. The summed E-state index contributed by atoms with van der Waals surface area (Å²) in [6.45, 7) is 9.53. The van der Waals surface area contributed by atoms with Crippen LogP contribution >= 0.6 is 0 Å². The standard InChI is InChI=1S/C19H31NO6/c1-5-19(4,13-18(2,3)16(22)26-12-14-11-25-14)17(23)24-10-9-20-8-6-7-15(20)21/h14H,5-13H2,1-4H3. The molecule has 2 heterocycles. The molecule has 2 fully saturated rings. The lowest BCUT2D eigenvalue weighted by Crippen LogP contribution is -2.39. The van der Waals surface area contributed by atoms with E-state index in [1.807, 2.05) is 13.8 Å². The van der Waals surface area contributed by atoms with Gasteiger partial charge in [0, 0.05) is 13.0 Å². The van der Waals surface area contributed by atoms with E-state index in [9.17, 15) is 14.4 Å². The van der Waals surface area contributed by atoms with Gasteiger partial charge in [-0.1, -0.05) is 6.92 Å². The van der Waals surface area contributed by atoms with E-state index in [2.05, 4.69) is 0 Å². The molecule has 1 amide bonds. The molecule has 0 aromatic rings. The third-order valence-corrected chi connectivity index (χ3v) is 5.23. The minimum atomic E-state index is -0.802. The van der Waals surface area contributed by atoms with Crippen LogP contribution in [0, 0.1) is 10.8 Å². The van der Waals surface area contributed by atoms with Crippen LogP contribution in [-0.2, 0) is 28.6 Å². The van der Waals surface area contributed by atoms with Crippen molar-refractivity contribution in [1.82, 2.24) is 4.90 Å². The molecule has 2 saturated heterocycles. The molecule has 0 saturated carbocycles. The number of ether oxygens (including phenoxy) is 3. The second kappa shape index (κ2) is 8.37. The second-order valence-corrected chi connectivity index (χ2v) is 8.15. The fourth-order valence-electron chi connectivity index (χ4n) is 3.28. The summed E-state index contributed by atoms with van der Waals surface area (Å²) >= 11 is 0. The molecule has 2 aliphatic heterocycles. The van der Waals surface area contributed by atoms with Crippen molar-refractivity contribution in [3.05, 3.63) is 0 Å². The number of hydrogen-bond acceptors (Lipinski definition) is 6. The Kier molecular flexibility index (Phi) is 6.66. The molecule has 0 aromatic heterocycles. The summed E-state index contributed by atoms with van der Waals surface area (Å²) in [6, 6.07) is 0. The summed E-state index contributed by atoms with van der Waals surface area (Å²) in [5, 5.41) is 0. The fourth-order valence-corrected chi connectivity index (χ4v) is 3.28. The molecule has 7 heteroatoms. The zero-order valence-corrected chi connectivity index (χ0v) is 16.3. The summed E-state index contributed by atoms with van der Waals surface area (Å²) in [5.74, 6) is -0.552. The lowest BCUT2D eigenvalue weighted by Gasteiger charge is -2.33. The van der Waals surface area contributed by atoms with E-state index in [1.165, 1.54) is 0 Å². The first-order valence-electron chi connectivity index (χ1n) is 9.42. The zero-order chi connectivity index (χ0) is 19.4. The minimum absolute atomic E-state index is 0.0190. The van der Waals surface area contributed by atoms with Crippen molar-refractivity contribution in [3.8, 4) is 0 Å². The number of amides is 1. The number of carbonyl (C=O) groups excluding carboxylic acids is 3. The Morgan fingerprint density at radius 1 is 1.23 bits per heavy atom. The smallest absolute Gasteiger partial charge is 0.311 e. The molecule has 0 radical (unpaired) electrons. The predicted molar refractivity (Wildman–Crippen MR) is 94.3 cm³/mol. The van der Waals surface area contributed by atoms with Crippen molar-refractivity contribution in [3.63, 3.8) is 0 Å². The third kappa shape index (κ3) is 5.43. The molecule has 2 rings (SSSR count). The molecule has 26 heavy (non-hydrogen) atoms. The number of hydrogen-bond donors (Lipinski definition) is 0. The number of esters is 2. The monoisotopic (exact) mass is 369 g/mol. The van der Waals surface area contributed by atoms with Crippen LogP contribution in [0.25, 0.3) is 0 Å².